The van der Waals surface area contributed by atoms with Gasteiger partial charge in [0, 0.05) is 12.8 Å². The number of hydrogen-bond acceptors (Lipinski definition) is 3. The van der Waals surface area contributed by atoms with Gasteiger partial charge in [0.25, 0.3) is 0 Å². The van der Waals surface area contributed by atoms with Crippen LogP contribution in [0.3, 0.4) is 0 Å². The second kappa shape index (κ2) is 6.04. The minimum Gasteiger partial charge on any atom is -0.381 e. The first-order chi connectivity index (χ1) is 5.13. The van der Waals surface area contributed by atoms with Gasteiger partial charge in [-0.05, 0) is 13.8 Å². The molecule has 0 aliphatic heterocycles. The molecule has 0 N–H and O–H groups in total. The van der Waals surface area contributed by atoms with E-state index in [9.17, 15) is 9.59 Å². The Labute approximate surface area is 66.7 Å². The quantitative estimate of drug-likeness (QED) is 0.541. The lowest BCUT2D eigenvalue weighted by atomic mass is 10.3. The maximum Gasteiger partial charge on any atom is 0.132 e. The van der Waals surface area contributed by atoms with Gasteiger partial charge < -0.3 is 4.74 Å². The van der Waals surface area contributed by atoms with Crippen LogP contribution in [0.2, 0.25) is 0 Å². The molecule has 0 rings (SSSR count). The van der Waals surface area contributed by atoms with Crippen LogP contribution in [0.1, 0.15) is 26.7 Å². The molecule has 0 amide bonds. The average Bonchev–Trinajstić information content (AvgIpc) is 1.85. The van der Waals surface area contributed by atoms with Gasteiger partial charge >= 0.3 is 0 Å². The monoisotopic (exact) mass is 158 g/mol. The van der Waals surface area contributed by atoms with Crippen LogP contribution in [0.25, 0.3) is 0 Å². The van der Waals surface area contributed by atoms with Gasteiger partial charge in [-0.3, -0.25) is 9.59 Å². The van der Waals surface area contributed by atoms with Crippen LogP contribution in [0.4, 0.5) is 0 Å². The molecule has 11 heavy (non-hydrogen) atoms. The summed E-state index contributed by atoms with van der Waals surface area (Å²) in [5.74, 6) is 0.237. The van der Waals surface area contributed by atoms with Crippen LogP contribution in [-0.4, -0.2) is 24.8 Å². The van der Waals surface area contributed by atoms with E-state index in [1.54, 1.807) is 0 Å². The van der Waals surface area contributed by atoms with Crippen LogP contribution >= 0.6 is 0 Å². The minimum atomic E-state index is 0.118. The lowest BCUT2D eigenvalue weighted by Gasteiger charge is -1.99. The van der Waals surface area contributed by atoms with Gasteiger partial charge in [-0.25, -0.2) is 0 Å². The van der Waals surface area contributed by atoms with E-state index in [2.05, 4.69) is 0 Å². The Bertz CT molecular complexity index is 124. The highest BCUT2D eigenvalue weighted by atomic mass is 16.5. The number of carbonyl (C=O) groups excluding carboxylic acids is 2. The molecular formula is C8H14O3. The largest absolute Gasteiger partial charge is 0.381 e. The predicted molar refractivity (Wildman–Crippen MR) is 41.4 cm³/mol. The standard InChI is InChI=1S/C8H14O3/c1-7(9)3-5-11-6-4-8(2)10/h3-6H2,1-2H3. The van der Waals surface area contributed by atoms with Crippen molar-refractivity contribution in [2.75, 3.05) is 13.2 Å². The van der Waals surface area contributed by atoms with Crippen LogP contribution in [-0.2, 0) is 14.3 Å². The average molecular weight is 158 g/mol. The van der Waals surface area contributed by atoms with E-state index in [1.807, 2.05) is 0 Å². The third-order valence-corrected chi connectivity index (χ3v) is 1.20. The highest BCUT2D eigenvalue weighted by Crippen LogP contribution is 1.87. The van der Waals surface area contributed by atoms with Crippen molar-refractivity contribution < 1.29 is 14.3 Å². The summed E-state index contributed by atoms with van der Waals surface area (Å²) in [5, 5.41) is 0. The number of rotatable bonds is 6. The minimum absolute atomic E-state index is 0.118. The summed E-state index contributed by atoms with van der Waals surface area (Å²) in [5.41, 5.74) is 0. The molecule has 0 fully saturated rings. The van der Waals surface area contributed by atoms with Crippen LogP contribution in [0, 0.1) is 0 Å². The fraction of sp³-hybridized carbons (Fsp3) is 0.750. The molecule has 0 aliphatic carbocycles. The van der Waals surface area contributed by atoms with Gasteiger partial charge in [0.15, 0.2) is 0 Å². The normalized spacial score (nSPS) is 9.64. The summed E-state index contributed by atoms with van der Waals surface area (Å²) in [6.07, 6.45) is 0.885. The molecule has 0 unspecified atom stereocenters. The van der Waals surface area contributed by atoms with Crippen LogP contribution < -0.4 is 0 Å². The smallest absolute Gasteiger partial charge is 0.132 e. The molecule has 0 saturated heterocycles. The zero-order chi connectivity index (χ0) is 8.69. The molecule has 0 bridgehead atoms. The third-order valence-electron chi connectivity index (χ3n) is 1.20. The lowest BCUT2D eigenvalue weighted by molar-refractivity contribution is -0.118. The zero-order valence-electron chi connectivity index (χ0n) is 7.05. The van der Waals surface area contributed by atoms with E-state index in [-0.39, 0.29) is 11.6 Å². The molecule has 0 saturated carbocycles. The Hall–Kier alpha value is -0.700. The van der Waals surface area contributed by atoms with Crippen molar-refractivity contribution in [3.05, 3.63) is 0 Å². The molecule has 3 heteroatoms. The molecule has 0 aliphatic rings. The summed E-state index contributed by atoms with van der Waals surface area (Å²) in [6.45, 7) is 3.91. The Kier molecular flexibility index (Phi) is 5.65. The summed E-state index contributed by atoms with van der Waals surface area (Å²) in [7, 11) is 0. The van der Waals surface area contributed by atoms with E-state index in [0.29, 0.717) is 26.1 Å². The van der Waals surface area contributed by atoms with Crippen molar-refractivity contribution in [2.45, 2.75) is 26.7 Å². The van der Waals surface area contributed by atoms with E-state index >= 15 is 0 Å². The molecule has 64 valence electrons. The van der Waals surface area contributed by atoms with Gasteiger partial charge in [-0.1, -0.05) is 0 Å². The van der Waals surface area contributed by atoms with E-state index in [1.165, 1.54) is 13.8 Å². The first-order valence-corrected chi connectivity index (χ1v) is 3.69. The Morgan fingerprint density at radius 3 is 1.64 bits per heavy atom. The number of Topliss-reactive ketones (excluding diaryl/α,β-unsaturated/α-hetero) is 2. The van der Waals surface area contributed by atoms with Crippen molar-refractivity contribution in [3.8, 4) is 0 Å². The van der Waals surface area contributed by atoms with E-state index in [0.717, 1.165) is 0 Å². The van der Waals surface area contributed by atoms with Crippen LogP contribution in [0.5, 0.6) is 0 Å². The predicted octanol–water partition coefficient (Wildman–Crippen LogP) is 0.961. The number of hydrogen-bond donors (Lipinski definition) is 0. The van der Waals surface area contributed by atoms with E-state index < -0.39 is 0 Å². The third kappa shape index (κ3) is 9.30. The Morgan fingerprint density at radius 1 is 1.00 bits per heavy atom. The molecule has 0 aromatic carbocycles. The molecule has 0 radical (unpaired) electrons. The number of ether oxygens (including phenoxy) is 1. The van der Waals surface area contributed by atoms with Crippen molar-refractivity contribution in [2.24, 2.45) is 0 Å². The molecule has 3 nitrogen and oxygen atoms in total. The van der Waals surface area contributed by atoms with Gasteiger partial charge in [0.1, 0.15) is 11.6 Å². The fourth-order valence-electron chi connectivity index (χ4n) is 0.534. The molecule has 0 atom stereocenters. The first-order valence-electron chi connectivity index (χ1n) is 3.69. The van der Waals surface area contributed by atoms with Crippen LogP contribution in [0.15, 0.2) is 0 Å². The van der Waals surface area contributed by atoms with E-state index in [4.69, 9.17) is 4.74 Å². The number of carbonyl (C=O) groups is 2. The van der Waals surface area contributed by atoms with Gasteiger partial charge in [0.05, 0.1) is 13.2 Å². The highest BCUT2D eigenvalue weighted by Gasteiger charge is 1.95. The van der Waals surface area contributed by atoms with Crippen molar-refractivity contribution in [1.29, 1.82) is 0 Å². The number of ketones is 2. The Morgan fingerprint density at radius 2 is 1.36 bits per heavy atom. The van der Waals surface area contributed by atoms with Gasteiger partial charge in [0.2, 0.25) is 0 Å². The SMILES string of the molecule is CC(=O)CCOCCC(C)=O. The van der Waals surface area contributed by atoms with Crippen molar-refractivity contribution in [3.63, 3.8) is 0 Å². The fourth-order valence-corrected chi connectivity index (χ4v) is 0.534. The highest BCUT2D eigenvalue weighted by molar-refractivity contribution is 5.76. The summed E-state index contributed by atoms with van der Waals surface area (Å²) in [4.78, 5) is 20.8. The summed E-state index contributed by atoms with van der Waals surface area (Å²) >= 11 is 0. The van der Waals surface area contributed by atoms with Gasteiger partial charge in [-0.2, -0.15) is 0 Å². The van der Waals surface area contributed by atoms with Crippen molar-refractivity contribution >= 4 is 11.6 Å². The molecule has 0 aromatic heterocycles. The molecule has 0 spiro atoms. The topological polar surface area (TPSA) is 43.4 Å². The second-order valence-electron chi connectivity index (χ2n) is 2.52. The zero-order valence-corrected chi connectivity index (χ0v) is 7.05. The second-order valence-corrected chi connectivity index (χ2v) is 2.52. The maximum absolute atomic E-state index is 10.4. The maximum atomic E-state index is 10.4. The lowest BCUT2D eigenvalue weighted by Crippen LogP contribution is -2.04. The molecule has 0 heterocycles. The summed E-state index contributed by atoms with van der Waals surface area (Å²) in [6, 6.07) is 0. The molecule has 0 aromatic rings. The van der Waals surface area contributed by atoms with Crippen molar-refractivity contribution in [1.82, 2.24) is 0 Å². The Balaban J connectivity index is 3.03. The summed E-state index contributed by atoms with van der Waals surface area (Å²) < 4.78 is 5.01. The first kappa shape index (κ1) is 10.3. The molecular weight excluding hydrogens is 144 g/mol. The van der Waals surface area contributed by atoms with Gasteiger partial charge in [-0.15, -0.1) is 0 Å².